The summed E-state index contributed by atoms with van der Waals surface area (Å²) in [6.45, 7) is 0. The van der Waals surface area contributed by atoms with Crippen molar-refractivity contribution in [1.82, 2.24) is 29.5 Å². The SMILES string of the molecule is O=[S@@](c1nc2n(n1)[C@H](c1ccccc1)CC2)C(F)F.O=[S@](c1nc2n(n1)[C@H](c1ccccc1)CC2)C(F)F. The number of aromatic nitrogens is 6. The van der Waals surface area contributed by atoms with Gasteiger partial charge in [-0.2, -0.15) is 17.6 Å². The van der Waals surface area contributed by atoms with Crippen molar-refractivity contribution >= 4 is 21.6 Å². The molecule has 2 aliphatic heterocycles. The Morgan fingerprint density at radius 3 is 1.37 bits per heavy atom. The average Bonchev–Trinajstić information content (AvgIpc) is 3.69. The molecule has 0 amide bonds. The van der Waals surface area contributed by atoms with Gasteiger partial charge in [-0.3, -0.25) is 0 Å². The largest absolute Gasteiger partial charge is 0.319 e. The summed E-state index contributed by atoms with van der Waals surface area (Å²) in [6, 6.07) is 19.3. The van der Waals surface area contributed by atoms with Crippen molar-refractivity contribution < 1.29 is 26.0 Å². The summed E-state index contributed by atoms with van der Waals surface area (Å²) in [5, 5.41) is 7.45. The molecule has 0 saturated carbocycles. The van der Waals surface area contributed by atoms with Crippen LogP contribution in [-0.2, 0) is 34.4 Å². The van der Waals surface area contributed by atoms with Crippen molar-refractivity contribution in [1.29, 1.82) is 0 Å². The zero-order valence-electron chi connectivity index (χ0n) is 19.7. The molecule has 0 aliphatic carbocycles. The van der Waals surface area contributed by atoms with E-state index >= 15 is 0 Å². The molecule has 14 heteroatoms. The highest BCUT2D eigenvalue weighted by Gasteiger charge is 2.31. The molecule has 0 saturated heterocycles. The molecule has 0 N–H and O–H groups in total. The van der Waals surface area contributed by atoms with Crippen molar-refractivity contribution in [3.8, 4) is 0 Å². The molecule has 0 radical (unpaired) electrons. The Morgan fingerprint density at radius 1 is 0.658 bits per heavy atom. The van der Waals surface area contributed by atoms with Gasteiger partial charge in [-0.1, -0.05) is 60.7 Å². The zero-order valence-corrected chi connectivity index (χ0v) is 21.4. The lowest BCUT2D eigenvalue weighted by Crippen LogP contribution is -2.10. The molecular formula is C24H22F4N6O2S2. The maximum atomic E-state index is 12.4. The lowest BCUT2D eigenvalue weighted by Gasteiger charge is -2.11. The third kappa shape index (κ3) is 5.32. The first kappa shape index (κ1) is 26.4. The first-order chi connectivity index (χ1) is 18.3. The number of halogens is 4. The van der Waals surface area contributed by atoms with Crippen LogP contribution in [0.1, 0.15) is 47.7 Å². The second-order valence-corrected chi connectivity index (χ2v) is 11.2. The van der Waals surface area contributed by atoms with Crippen LogP contribution in [-0.4, -0.2) is 49.5 Å². The Morgan fingerprint density at radius 2 is 1.03 bits per heavy atom. The minimum Gasteiger partial charge on any atom is -0.245 e. The molecule has 8 nitrogen and oxygen atoms in total. The maximum Gasteiger partial charge on any atom is 0.319 e. The molecule has 2 aliphatic rings. The van der Waals surface area contributed by atoms with Gasteiger partial charge in [-0.15, -0.1) is 10.2 Å². The van der Waals surface area contributed by atoms with Gasteiger partial charge in [0, 0.05) is 12.8 Å². The molecular weight excluding hydrogens is 544 g/mol. The third-order valence-electron chi connectivity index (χ3n) is 6.29. The number of aryl methyl sites for hydroxylation is 2. The van der Waals surface area contributed by atoms with Gasteiger partial charge in [-0.25, -0.2) is 27.7 Å². The lowest BCUT2D eigenvalue weighted by atomic mass is 10.1. The molecule has 200 valence electrons. The molecule has 4 atom stereocenters. The highest BCUT2D eigenvalue weighted by atomic mass is 32.2. The summed E-state index contributed by atoms with van der Waals surface area (Å²) in [7, 11) is -4.88. The van der Waals surface area contributed by atoms with Gasteiger partial charge in [0.1, 0.15) is 11.6 Å². The van der Waals surface area contributed by atoms with Gasteiger partial charge >= 0.3 is 11.5 Å². The second kappa shape index (κ2) is 11.2. The van der Waals surface area contributed by atoms with E-state index in [-0.39, 0.29) is 22.4 Å². The number of nitrogens with zero attached hydrogens (tertiary/aromatic N) is 6. The zero-order chi connectivity index (χ0) is 26.8. The monoisotopic (exact) mass is 566 g/mol. The molecule has 6 rings (SSSR count). The Bertz CT molecular complexity index is 1340. The normalized spacial score (nSPS) is 19.6. The fourth-order valence-electron chi connectivity index (χ4n) is 4.58. The molecule has 0 fully saturated rings. The van der Waals surface area contributed by atoms with E-state index in [1.54, 1.807) is 9.36 Å². The summed E-state index contributed by atoms with van der Waals surface area (Å²) in [6.07, 6.45) is 2.99. The van der Waals surface area contributed by atoms with Gasteiger partial charge in [0.15, 0.2) is 21.6 Å². The number of hydrogen-bond donors (Lipinski definition) is 0. The first-order valence-corrected chi connectivity index (χ1v) is 14.1. The van der Waals surface area contributed by atoms with Crippen LogP contribution in [0.4, 0.5) is 17.6 Å². The van der Waals surface area contributed by atoms with Gasteiger partial charge in [0.25, 0.3) is 0 Å². The predicted molar refractivity (Wildman–Crippen MR) is 131 cm³/mol. The Balaban J connectivity index is 0.000000155. The predicted octanol–water partition coefficient (Wildman–Crippen LogP) is 4.29. The van der Waals surface area contributed by atoms with Crippen molar-refractivity contribution in [3.63, 3.8) is 0 Å². The van der Waals surface area contributed by atoms with Gasteiger partial charge < -0.3 is 0 Å². The quantitative estimate of drug-likeness (QED) is 0.323. The van der Waals surface area contributed by atoms with Crippen LogP contribution in [0.15, 0.2) is 71.0 Å². The fourth-order valence-corrected chi connectivity index (χ4v) is 5.63. The molecule has 0 unspecified atom stereocenters. The summed E-state index contributed by atoms with van der Waals surface area (Å²) < 4.78 is 75.5. The number of alkyl halides is 4. The second-order valence-electron chi connectivity index (χ2n) is 8.56. The Hall–Kier alpha value is -3.26. The van der Waals surface area contributed by atoms with E-state index in [2.05, 4.69) is 20.2 Å². The van der Waals surface area contributed by atoms with E-state index in [9.17, 15) is 26.0 Å². The minimum absolute atomic E-state index is 0.00729. The summed E-state index contributed by atoms with van der Waals surface area (Å²) in [4.78, 5) is 7.92. The Labute approximate surface area is 220 Å². The number of rotatable bonds is 6. The first-order valence-electron chi connectivity index (χ1n) is 11.7. The molecule has 2 aromatic carbocycles. The molecule has 0 spiro atoms. The van der Waals surface area contributed by atoms with Crippen molar-refractivity contribution in [2.45, 2.75) is 59.6 Å². The van der Waals surface area contributed by atoms with E-state index in [4.69, 9.17) is 0 Å². The average molecular weight is 567 g/mol. The van der Waals surface area contributed by atoms with Crippen molar-refractivity contribution in [2.24, 2.45) is 0 Å². The van der Waals surface area contributed by atoms with Crippen LogP contribution in [0.2, 0.25) is 0 Å². The van der Waals surface area contributed by atoms with Crippen LogP contribution in [0.3, 0.4) is 0 Å². The number of benzene rings is 2. The molecule has 4 heterocycles. The Kier molecular flexibility index (Phi) is 7.79. The van der Waals surface area contributed by atoms with Crippen molar-refractivity contribution in [3.05, 3.63) is 83.4 Å². The van der Waals surface area contributed by atoms with Gasteiger partial charge in [0.2, 0.25) is 10.3 Å². The molecule has 38 heavy (non-hydrogen) atoms. The number of hydrogen-bond acceptors (Lipinski definition) is 6. The topological polar surface area (TPSA) is 95.6 Å². The molecule has 4 aromatic rings. The smallest absolute Gasteiger partial charge is 0.245 e. The fraction of sp³-hybridized carbons (Fsp3) is 0.333. The van der Waals surface area contributed by atoms with E-state index in [0.29, 0.717) is 24.5 Å². The van der Waals surface area contributed by atoms with Gasteiger partial charge in [-0.05, 0) is 24.0 Å². The summed E-state index contributed by atoms with van der Waals surface area (Å²) in [5.74, 6) is -4.65. The van der Waals surface area contributed by atoms with E-state index in [1.807, 2.05) is 60.7 Å². The maximum absolute atomic E-state index is 12.4. The van der Waals surface area contributed by atoms with Crippen LogP contribution < -0.4 is 0 Å². The van der Waals surface area contributed by atoms with Gasteiger partial charge in [0.05, 0.1) is 12.1 Å². The van der Waals surface area contributed by atoms with Crippen LogP contribution in [0.5, 0.6) is 0 Å². The molecule has 2 aromatic heterocycles. The van der Waals surface area contributed by atoms with E-state index in [0.717, 1.165) is 24.0 Å². The van der Waals surface area contributed by atoms with E-state index < -0.39 is 33.1 Å². The summed E-state index contributed by atoms with van der Waals surface area (Å²) in [5.41, 5.74) is 2.11. The standard InChI is InChI=1S/2C12H11F2N3OS/c2*13-11(14)19(18)12-15-10-7-6-9(17(10)16-12)8-4-2-1-3-5-8/h2*1-5,9,11H,6-7H2/t9-,19+;9-,19-/m00/s1. The highest BCUT2D eigenvalue weighted by molar-refractivity contribution is 7.85. The minimum atomic E-state index is -2.95. The third-order valence-corrected chi connectivity index (χ3v) is 8.00. The molecule has 0 bridgehead atoms. The summed E-state index contributed by atoms with van der Waals surface area (Å²) >= 11 is 0. The van der Waals surface area contributed by atoms with E-state index in [1.165, 1.54) is 0 Å². The number of fused-ring (bicyclic) bond motifs is 2. The van der Waals surface area contributed by atoms with Crippen LogP contribution >= 0.6 is 0 Å². The van der Waals surface area contributed by atoms with Crippen LogP contribution in [0.25, 0.3) is 0 Å². The highest BCUT2D eigenvalue weighted by Crippen LogP contribution is 2.32. The van der Waals surface area contributed by atoms with Crippen LogP contribution in [0, 0.1) is 0 Å². The van der Waals surface area contributed by atoms with Crippen molar-refractivity contribution in [2.75, 3.05) is 0 Å². The lowest BCUT2D eigenvalue weighted by molar-refractivity contribution is 0.242.